The van der Waals surface area contributed by atoms with E-state index in [1.165, 1.54) is 24.3 Å². The summed E-state index contributed by atoms with van der Waals surface area (Å²) in [6.07, 6.45) is 3.55. The molecule has 0 radical (unpaired) electrons. The molecule has 0 aliphatic carbocycles. The maximum atomic E-state index is 12.5. The first-order valence-corrected chi connectivity index (χ1v) is 12.3. The van der Waals surface area contributed by atoms with Gasteiger partial charge >= 0.3 is 23.9 Å². The van der Waals surface area contributed by atoms with Crippen LogP contribution in [0.15, 0.2) is 98.1 Å². The molecule has 0 aliphatic heterocycles. The van der Waals surface area contributed by atoms with Crippen LogP contribution in [0.2, 0.25) is 0 Å². The van der Waals surface area contributed by atoms with Crippen molar-refractivity contribution in [2.24, 2.45) is 0 Å². The van der Waals surface area contributed by atoms with Crippen molar-refractivity contribution in [1.82, 2.24) is 0 Å². The predicted octanol–water partition coefficient (Wildman–Crippen LogP) is 5.24. The first-order chi connectivity index (χ1) is 19.4. The maximum Gasteiger partial charge on any atom is 0.343 e. The van der Waals surface area contributed by atoms with Crippen molar-refractivity contribution >= 4 is 23.9 Å². The summed E-state index contributed by atoms with van der Waals surface area (Å²) >= 11 is 0. The molecule has 0 aromatic heterocycles. The Bertz CT molecular complexity index is 1320. The summed E-state index contributed by atoms with van der Waals surface area (Å²) in [5.41, 5.74) is 1.36. The second kappa shape index (κ2) is 15.3. The number of hydrogen-bond acceptors (Lipinski definition) is 9. The van der Waals surface area contributed by atoms with Crippen molar-refractivity contribution in [1.29, 1.82) is 0 Å². The van der Waals surface area contributed by atoms with Crippen LogP contribution >= 0.6 is 0 Å². The van der Waals surface area contributed by atoms with Crippen LogP contribution in [-0.2, 0) is 25.7 Å². The van der Waals surface area contributed by atoms with Gasteiger partial charge in [0.15, 0.2) is 0 Å². The number of carbonyl (C=O) groups is 4. The van der Waals surface area contributed by atoms with Crippen LogP contribution in [0, 0.1) is 0 Å². The molecule has 9 nitrogen and oxygen atoms in total. The van der Waals surface area contributed by atoms with E-state index in [1.807, 2.05) is 0 Å². The molecule has 206 valence electrons. The van der Waals surface area contributed by atoms with E-state index in [4.69, 9.17) is 23.7 Å². The third-order valence-corrected chi connectivity index (χ3v) is 5.29. The molecule has 0 aliphatic rings. The first-order valence-electron chi connectivity index (χ1n) is 12.3. The summed E-state index contributed by atoms with van der Waals surface area (Å²) in [5.74, 6) is -0.965. The van der Waals surface area contributed by atoms with E-state index >= 15 is 0 Å². The lowest BCUT2D eigenvalue weighted by molar-refractivity contribution is -0.139. The Morgan fingerprint density at radius 2 is 1.02 bits per heavy atom. The lowest BCUT2D eigenvalue weighted by Gasteiger charge is -2.09. The molecule has 0 amide bonds. The van der Waals surface area contributed by atoms with Crippen LogP contribution in [0.1, 0.15) is 39.1 Å². The van der Waals surface area contributed by atoms with Crippen LogP contribution < -0.4 is 14.2 Å². The van der Waals surface area contributed by atoms with Gasteiger partial charge in [-0.05, 0) is 79.1 Å². The second-order valence-electron chi connectivity index (χ2n) is 8.21. The third-order valence-electron chi connectivity index (χ3n) is 5.29. The number of hydrogen-bond donors (Lipinski definition) is 0. The SMILES string of the molecule is C=CC(=O)OCCCCOc1ccc(C(=O)Oc2ccc(OC(=O)c3ccc(COC(=O)C=C)cc3)cc2)cc1. The first kappa shape index (κ1) is 29.4. The van der Waals surface area contributed by atoms with Gasteiger partial charge in [0, 0.05) is 12.2 Å². The van der Waals surface area contributed by atoms with Gasteiger partial charge < -0.3 is 23.7 Å². The van der Waals surface area contributed by atoms with Gasteiger partial charge in [0.25, 0.3) is 0 Å². The fraction of sp³-hybridized carbons (Fsp3) is 0.161. The van der Waals surface area contributed by atoms with Crippen molar-refractivity contribution in [3.8, 4) is 17.2 Å². The summed E-state index contributed by atoms with van der Waals surface area (Å²) in [6.45, 7) is 7.46. The summed E-state index contributed by atoms with van der Waals surface area (Å²) < 4.78 is 26.2. The highest BCUT2D eigenvalue weighted by molar-refractivity contribution is 5.92. The second-order valence-corrected chi connectivity index (χ2v) is 8.21. The van der Waals surface area contributed by atoms with Crippen LogP contribution in [-0.4, -0.2) is 37.1 Å². The Morgan fingerprint density at radius 1 is 0.575 bits per heavy atom. The van der Waals surface area contributed by atoms with Gasteiger partial charge in [-0.3, -0.25) is 0 Å². The zero-order chi connectivity index (χ0) is 28.7. The van der Waals surface area contributed by atoms with Gasteiger partial charge in [0.05, 0.1) is 24.3 Å². The molecule has 0 heterocycles. The van der Waals surface area contributed by atoms with Crippen LogP contribution in [0.4, 0.5) is 0 Å². The molecule has 9 heteroatoms. The molecular weight excluding hydrogens is 516 g/mol. The highest BCUT2D eigenvalue weighted by Gasteiger charge is 2.12. The molecule has 0 saturated carbocycles. The van der Waals surface area contributed by atoms with Crippen molar-refractivity contribution in [2.45, 2.75) is 19.4 Å². The number of ether oxygens (including phenoxy) is 5. The predicted molar refractivity (Wildman–Crippen MR) is 145 cm³/mol. The van der Waals surface area contributed by atoms with Gasteiger partial charge in [0.2, 0.25) is 0 Å². The maximum absolute atomic E-state index is 12.5. The van der Waals surface area contributed by atoms with E-state index in [0.717, 1.165) is 12.2 Å². The Morgan fingerprint density at radius 3 is 1.55 bits per heavy atom. The fourth-order valence-electron chi connectivity index (χ4n) is 3.17. The molecule has 0 unspecified atom stereocenters. The molecule has 0 N–H and O–H groups in total. The average molecular weight is 545 g/mol. The normalized spacial score (nSPS) is 10.1. The van der Waals surface area contributed by atoms with Crippen LogP contribution in [0.25, 0.3) is 0 Å². The zero-order valence-electron chi connectivity index (χ0n) is 21.7. The number of rotatable bonds is 14. The summed E-state index contributed by atoms with van der Waals surface area (Å²) in [7, 11) is 0. The number of esters is 4. The average Bonchev–Trinajstić information content (AvgIpc) is 2.98. The molecule has 3 aromatic carbocycles. The van der Waals surface area contributed by atoms with Crippen molar-refractivity contribution < 1.29 is 42.9 Å². The Kier molecular flexibility index (Phi) is 11.2. The van der Waals surface area contributed by atoms with Crippen LogP contribution in [0.5, 0.6) is 17.2 Å². The van der Waals surface area contributed by atoms with E-state index < -0.39 is 23.9 Å². The molecule has 0 atom stereocenters. The highest BCUT2D eigenvalue weighted by Crippen LogP contribution is 2.21. The van der Waals surface area contributed by atoms with Gasteiger partial charge in [0.1, 0.15) is 23.9 Å². The largest absolute Gasteiger partial charge is 0.494 e. The third kappa shape index (κ3) is 9.60. The minimum atomic E-state index is -0.571. The minimum absolute atomic E-state index is 0.0657. The number of benzene rings is 3. The molecule has 0 bridgehead atoms. The Balaban J connectivity index is 1.43. The van der Waals surface area contributed by atoms with Crippen molar-refractivity contribution in [3.63, 3.8) is 0 Å². The van der Waals surface area contributed by atoms with Crippen LogP contribution in [0.3, 0.4) is 0 Å². The zero-order valence-corrected chi connectivity index (χ0v) is 21.7. The summed E-state index contributed by atoms with van der Waals surface area (Å²) in [6, 6.07) is 19.0. The van der Waals surface area contributed by atoms with Gasteiger partial charge in [-0.1, -0.05) is 25.3 Å². The van der Waals surface area contributed by atoms with E-state index in [9.17, 15) is 19.2 Å². The standard InChI is InChI=1S/C31H28O9/c1-3-28(32)37-20-6-5-19-36-25-13-11-24(12-14-25)31(35)40-27-17-15-26(16-18-27)39-30(34)23-9-7-22(8-10-23)21-38-29(33)4-2/h3-4,7-18H,1-2,5-6,19-21H2. The monoisotopic (exact) mass is 544 g/mol. The van der Waals surface area contributed by atoms with Crippen molar-refractivity contribution in [2.75, 3.05) is 13.2 Å². The highest BCUT2D eigenvalue weighted by atomic mass is 16.5. The van der Waals surface area contributed by atoms with E-state index in [2.05, 4.69) is 13.2 Å². The van der Waals surface area contributed by atoms with E-state index in [-0.39, 0.29) is 18.1 Å². The molecule has 0 saturated heterocycles. The smallest absolute Gasteiger partial charge is 0.343 e. The molecule has 3 aromatic rings. The molecule has 0 fully saturated rings. The Hall–Kier alpha value is -5.18. The van der Waals surface area contributed by atoms with Gasteiger partial charge in [-0.15, -0.1) is 0 Å². The van der Waals surface area contributed by atoms with E-state index in [1.54, 1.807) is 48.5 Å². The van der Waals surface area contributed by atoms with Gasteiger partial charge in [-0.2, -0.15) is 0 Å². The summed E-state index contributed by atoms with van der Waals surface area (Å²) in [4.78, 5) is 47.0. The minimum Gasteiger partial charge on any atom is -0.494 e. The fourth-order valence-corrected chi connectivity index (χ4v) is 3.17. The summed E-state index contributed by atoms with van der Waals surface area (Å²) in [5, 5.41) is 0. The number of carbonyl (C=O) groups excluding carboxylic acids is 4. The molecule has 40 heavy (non-hydrogen) atoms. The topological polar surface area (TPSA) is 114 Å². The Labute approximate surface area is 231 Å². The van der Waals surface area contributed by atoms with Gasteiger partial charge in [-0.25, -0.2) is 19.2 Å². The van der Waals surface area contributed by atoms with Crippen molar-refractivity contribution in [3.05, 3.63) is 115 Å². The number of unbranched alkanes of at least 4 members (excludes halogenated alkanes) is 1. The molecule has 0 spiro atoms. The molecule has 3 rings (SSSR count). The lowest BCUT2D eigenvalue weighted by Crippen LogP contribution is -2.10. The lowest BCUT2D eigenvalue weighted by atomic mass is 10.1. The van der Waals surface area contributed by atoms with E-state index in [0.29, 0.717) is 48.5 Å². The quantitative estimate of drug-likeness (QED) is 0.116. The molecular formula is C31H28O9.